The number of benzene rings is 1. The summed E-state index contributed by atoms with van der Waals surface area (Å²) in [4.78, 5) is 9.72. The summed E-state index contributed by atoms with van der Waals surface area (Å²) < 4.78 is 25.6. The summed E-state index contributed by atoms with van der Waals surface area (Å²) in [5.41, 5.74) is 5.06. The SMILES string of the molecule is N[C@@H]1CN(S(=O)(=O)c2ccccc2[N+](=O)[O-])C[C@H]1O. The van der Waals surface area contributed by atoms with E-state index in [1.54, 1.807) is 0 Å². The molecule has 0 spiro atoms. The first-order chi connectivity index (χ1) is 8.84. The molecule has 0 bridgehead atoms. The molecule has 2 rings (SSSR count). The molecule has 8 nitrogen and oxygen atoms in total. The second-order valence-electron chi connectivity index (χ2n) is 4.28. The van der Waals surface area contributed by atoms with Gasteiger partial charge in [0.05, 0.1) is 11.0 Å². The third kappa shape index (κ3) is 2.45. The van der Waals surface area contributed by atoms with Crippen LogP contribution in [0.2, 0.25) is 0 Å². The minimum absolute atomic E-state index is 0.0600. The summed E-state index contributed by atoms with van der Waals surface area (Å²) in [6, 6.07) is 4.41. The molecule has 3 N–H and O–H groups in total. The van der Waals surface area contributed by atoms with E-state index in [9.17, 15) is 23.6 Å². The van der Waals surface area contributed by atoms with E-state index in [0.29, 0.717) is 0 Å². The van der Waals surface area contributed by atoms with Crippen LogP contribution in [0.3, 0.4) is 0 Å². The average Bonchev–Trinajstić information content (AvgIpc) is 2.70. The maximum Gasteiger partial charge on any atom is 0.289 e. The second-order valence-corrected chi connectivity index (χ2v) is 6.18. The van der Waals surface area contributed by atoms with Gasteiger partial charge in [0, 0.05) is 25.2 Å². The zero-order chi connectivity index (χ0) is 14.2. The fourth-order valence-electron chi connectivity index (χ4n) is 1.94. The highest BCUT2D eigenvalue weighted by molar-refractivity contribution is 7.89. The van der Waals surface area contributed by atoms with Crippen molar-refractivity contribution in [2.45, 2.75) is 17.0 Å². The van der Waals surface area contributed by atoms with Crippen molar-refractivity contribution < 1.29 is 18.4 Å². The molecular formula is C10H13N3O5S. The van der Waals surface area contributed by atoms with Gasteiger partial charge in [-0.25, -0.2) is 8.42 Å². The monoisotopic (exact) mass is 287 g/mol. The third-order valence-corrected chi connectivity index (χ3v) is 4.86. The van der Waals surface area contributed by atoms with E-state index in [1.807, 2.05) is 0 Å². The van der Waals surface area contributed by atoms with Crippen LogP contribution in [-0.2, 0) is 10.0 Å². The molecule has 0 aromatic heterocycles. The molecule has 1 aromatic carbocycles. The molecule has 104 valence electrons. The van der Waals surface area contributed by atoms with Gasteiger partial charge in [-0.05, 0) is 6.07 Å². The second kappa shape index (κ2) is 4.85. The predicted molar refractivity (Wildman–Crippen MR) is 65.8 cm³/mol. The van der Waals surface area contributed by atoms with Crippen molar-refractivity contribution in [3.63, 3.8) is 0 Å². The van der Waals surface area contributed by atoms with Crippen molar-refractivity contribution in [3.05, 3.63) is 34.4 Å². The summed E-state index contributed by atoms with van der Waals surface area (Å²) in [6.45, 7) is -0.217. The number of nitro groups is 1. The third-order valence-electron chi connectivity index (χ3n) is 2.98. The molecule has 0 saturated carbocycles. The highest BCUT2D eigenvalue weighted by Crippen LogP contribution is 2.28. The largest absolute Gasteiger partial charge is 0.390 e. The summed E-state index contributed by atoms with van der Waals surface area (Å²) >= 11 is 0. The Morgan fingerprint density at radius 2 is 2.00 bits per heavy atom. The maximum atomic E-state index is 12.3. The molecule has 2 atom stereocenters. The fraction of sp³-hybridized carbons (Fsp3) is 0.400. The van der Waals surface area contributed by atoms with Crippen LogP contribution in [-0.4, -0.2) is 48.0 Å². The van der Waals surface area contributed by atoms with Crippen molar-refractivity contribution in [1.82, 2.24) is 4.31 Å². The first kappa shape index (κ1) is 13.9. The standard InChI is InChI=1S/C10H13N3O5S/c11-7-5-12(6-9(7)14)19(17,18)10-4-2-1-3-8(10)13(15)16/h1-4,7,9,14H,5-6,11H2/t7-,9-/m1/s1. The fourth-order valence-corrected chi connectivity index (χ4v) is 3.59. The smallest absolute Gasteiger partial charge is 0.289 e. The highest BCUT2D eigenvalue weighted by atomic mass is 32.2. The number of para-hydroxylation sites is 1. The molecule has 1 saturated heterocycles. The lowest BCUT2D eigenvalue weighted by Gasteiger charge is -2.15. The van der Waals surface area contributed by atoms with Crippen LogP contribution >= 0.6 is 0 Å². The minimum atomic E-state index is -4.03. The van der Waals surface area contributed by atoms with Crippen LogP contribution in [0.4, 0.5) is 5.69 Å². The number of nitrogens with two attached hydrogens (primary N) is 1. The van der Waals surface area contributed by atoms with Crippen molar-refractivity contribution >= 4 is 15.7 Å². The summed E-state index contributed by atoms with van der Waals surface area (Å²) in [5, 5.41) is 20.4. The van der Waals surface area contributed by atoms with Gasteiger partial charge in [0.1, 0.15) is 0 Å². The Morgan fingerprint density at radius 3 is 2.53 bits per heavy atom. The van der Waals surface area contributed by atoms with Gasteiger partial charge >= 0.3 is 0 Å². The Balaban J connectivity index is 2.44. The lowest BCUT2D eigenvalue weighted by atomic mass is 10.2. The van der Waals surface area contributed by atoms with Gasteiger partial charge in [0.25, 0.3) is 5.69 Å². The van der Waals surface area contributed by atoms with Gasteiger partial charge in [0.2, 0.25) is 10.0 Å². The summed E-state index contributed by atoms with van der Waals surface area (Å²) in [5.74, 6) is 0. The van der Waals surface area contributed by atoms with E-state index in [2.05, 4.69) is 0 Å². The Labute approximate surface area is 109 Å². The lowest BCUT2D eigenvalue weighted by molar-refractivity contribution is -0.387. The maximum absolute atomic E-state index is 12.3. The van der Waals surface area contributed by atoms with Crippen LogP contribution in [0.15, 0.2) is 29.2 Å². The van der Waals surface area contributed by atoms with Crippen LogP contribution in [0.5, 0.6) is 0 Å². The van der Waals surface area contributed by atoms with Gasteiger partial charge in [-0.1, -0.05) is 12.1 Å². The molecule has 1 aliphatic rings. The number of hydrogen-bond acceptors (Lipinski definition) is 6. The van der Waals surface area contributed by atoms with Crippen LogP contribution in [0.25, 0.3) is 0 Å². The zero-order valence-electron chi connectivity index (χ0n) is 9.84. The Kier molecular flexibility index (Phi) is 3.54. The molecular weight excluding hydrogens is 274 g/mol. The summed E-state index contributed by atoms with van der Waals surface area (Å²) in [7, 11) is -4.03. The highest BCUT2D eigenvalue weighted by Gasteiger charge is 2.39. The van der Waals surface area contributed by atoms with E-state index in [1.165, 1.54) is 18.2 Å². The number of aliphatic hydroxyl groups excluding tert-OH is 1. The van der Waals surface area contributed by atoms with Gasteiger partial charge in [-0.3, -0.25) is 10.1 Å². The van der Waals surface area contributed by atoms with E-state index >= 15 is 0 Å². The molecule has 9 heteroatoms. The Bertz CT molecular complexity index is 593. The van der Waals surface area contributed by atoms with E-state index in [0.717, 1.165) is 10.4 Å². The molecule has 0 amide bonds. The molecule has 0 aliphatic carbocycles. The normalized spacial score (nSPS) is 24.5. The first-order valence-corrected chi connectivity index (χ1v) is 6.95. The molecule has 1 heterocycles. The Morgan fingerprint density at radius 1 is 1.37 bits per heavy atom. The van der Waals surface area contributed by atoms with Crippen molar-refractivity contribution in [2.75, 3.05) is 13.1 Å². The number of nitro benzene ring substituents is 1. The summed E-state index contributed by atoms with van der Waals surface area (Å²) in [6.07, 6.45) is -0.961. The first-order valence-electron chi connectivity index (χ1n) is 5.51. The molecule has 19 heavy (non-hydrogen) atoms. The molecule has 1 fully saturated rings. The minimum Gasteiger partial charge on any atom is -0.390 e. The van der Waals surface area contributed by atoms with E-state index in [-0.39, 0.29) is 18.0 Å². The average molecular weight is 287 g/mol. The van der Waals surface area contributed by atoms with Crippen LogP contribution < -0.4 is 5.73 Å². The lowest BCUT2D eigenvalue weighted by Crippen LogP contribution is -2.33. The molecule has 1 aliphatic heterocycles. The number of nitrogens with zero attached hydrogens (tertiary/aromatic N) is 2. The van der Waals surface area contributed by atoms with Crippen molar-refractivity contribution in [2.24, 2.45) is 5.73 Å². The molecule has 0 radical (unpaired) electrons. The number of aliphatic hydroxyl groups is 1. The molecule has 0 unspecified atom stereocenters. The van der Waals surface area contributed by atoms with Crippen LogP contribution in [0, 0.1) is 10.1 Å². The molecule has 1 aromatic rings. The van der Waals surface area contributed by atoms with Gasteiger partial charge < -0.3 is 10.8 Å². The van der Waals surface area contributed by atoms with E-state index in [4.69, 9.17) is 5.73 Å². The van der Waals surface area contributed by atoms with E-state index < -0.39 is 32.8 Å². The topological polar surface area (TPSA) is 127 Å². The quantitative estimate of drug-likeness (QED) is 0.558. The van der Waals surface area contributed by atoms with Crippen LogP contribution in [0.1, 0.15) is 0 Å². The zero-order valence-corrected chi connectivity index (χ0v) is 10.7. The van der Waals surface area contributed by atoms with Crippen molar-refractivity contribution in [3.8, 4) is 0 Å². The Hall–Kier alpha value is -1.55. The van der Waals surface area contributed by atoms with Crippen molar-refractivity contribution in [1.29, 1.82) is 0 Å². The predicted octanol–water partition coefficient (Wildman–Crippen LogP) is -0.713. The number of sulfonamides is 1. The number of hydrogen-bond donors (Lipinski definition) is 2. The number of β-amino-alcohol motifs (C(OH)–C–C–N with tert-alkyl or cyclic N) is 1. The van der Waals surface area contributed by atoms with Gasteiger partial charge in [-0.15, -0.1) is 0 Å². The number of rotatable bonds is 3. The van der Waals surface area contributed by atoms with Gasteiger partial charge in [-0.2, -0.15) is 4.31 Å². The van der Waals surface area contributed by atoms with Gasteiger partial charge in [0.15, 0.2) is 4.90 Å².